The van der Waals surface area contributed by atoms with E-state index in [9.17, 15) is 22.8 Å². The Kier molecular flexibility index (Phi) is 4.41. The number of likely N-dealkylation sites (tertiary alicyclic amines) is 1. The van der Waals surface area contributed by atoms with E-state index in [0.29, 0.717) is 0 Å². The Labute approximate surface area is 125 Å². The minimum absolute atomic E-state index is 0.0299. The first-order chi connectivity index (χ1) is 10.2. The number of anilines is 1. The summed E-state index contributed by atoms with van der Waals surface area (Å²) in [5, 5.41) is 2.44. The molecule has 1 aliphatic heterocycles. The Hall–Kier alpha value is -2.09. The first-order valence-electron chi connectivity index (χ1n) is 6.66. The van der Waals surface area contributed by atoms with E-state index in [1.165, 1.54) is 11.0 Å². The molecule has 0 spiro atoms. The molecule has 1 aliphatic rings. The van der Waals surface area contributed by atoms with Crippen LogP contribution in [0.2, 0.25) is 0 Å². The smallest absolute Gasteiger partial charge is 0.345 e. The number of benzene rings is 1. The lowest BCUT2D eigenvalue weighted by molar-refractivity contribution is -0.137. The quantitative estimate of drug-likeness (QED) is 0.889. The van der Waals surface area contributed by atoms with Crippen molar-refractivity contribution >= 4 is 17.5 Å². The summed E-state index contributed by atoms with van der Waals surface area (Å²) < 4.78 is 38.5. The van der Waals surface area contributed by atoms with Crippen molar-refractivity contribution in [3.05, 3.63) is 29.3 Å². The van der Waals surface area contributed by atoms with Crippen LogP contribution in [0.15, 0.2) is 18.2 Å². The molecule has 22 heavy (non-hydrogen) atoms. The lowest BCUT2D eigenvalue weighted by Gasteiger charge is -2.14. The molecule has 1 aromatic carbocycles. The molecule has 3 N–H and O–H groups in total. The third kappa shape index (κ3) is 3.56. The largest absolute Gasteiger partial charge is 0.416 e. The van der Waals surface area contributed by atoms with E-state index in [0.717, 1.165) is 12.1 Å². The van der Waals surface area contributed by atoms with Crippen LogP contribution in [0.1, 0.15) is 17.5 Å². The topological polar surface area (TPSA) is 75.4 Å². The highest BCUT2D eigenvalue weighted by molar-refractivity contribution is 5.97. The van der Waals surface area contributed by atoms with Gasteiger partial charge in [0.2, 0.25) is 11.8 Å². The van der Waals surface area contributed by atoms with Crippen molar-refractivity contribution in [1.29, 1.82) is 0 Å². The second-order valence-corrected chi connectivity index (χ2v) is 5.29. The minimum Gasteiger partial charge on any atom is -0.345 e. The number of nitrogens with one attached hydrogen (secondary N) is 1. The number of nitrogens with zero attached hydrogens (tertiary/aromatic N) is 1. The Morgan fingerprint density at radius 2 is 2.09 bits per heavy atom. The molecule has 8 heteroatoms. The van der Waals surface area contributed by atoms with E-state index in [1.807, 2.05) is 0 Å². The van der Waals surface area contributed by atoms with Crippen molar-refractivity contribution in [2.24, 2.45) is 11.7 Å². The summed E-state index contributed by atoms with van der Waals surface area (Å²) in [6, 6.07) is 3.20. The highest BCUT2D eigenvalue weighted by Gasteiger charge is 2.33. The van der Waals surface area contributed by atoms with E-state index in [2.05, 4.69) is 5.32 Å². The fourth-order valence-electron chi connectivity index (χ4n) is 2.33. The van der Waals surface area contributed by atoms with Gasteiger partial charge in [-0.25, -0.2) is 0 Å². The number of alkyl halides is 3. The highest BCUT2D eigenvalue weighted by Crippen LogP contribution is 2.32. The Morgan fingerprint density at radius 3 is 2.59 bits per heavy atom. The van der Waals surface area contributed by atoms with Crippen LogP contribution in [-0.4, -0.2) is 30.3 Å². The van der Waals surface area contributed by atoms with E-state index in [1.54, 1.807) is 7.05 Å². The number of amides is 2. The van der Waals surface area contributed by atoms with Crippen LogP contribution in [0.25, 0.3) is 0 Å². The first kappa shape index (κ1) is 16.3. The molecule has 1 atom stereocenters. The molecule has 1 aromatic rings. The van der Waals surface area contributed by atoms with Crippen LogP contribution < -0.4 is 11.1 Å². The molecule has 1 heterocycles. The van der Waals surface area contributed by atoms with Gasteiger partial charge in [-0.15, -0.1) is 0 Å². The normalized spacial score (nSPS) is 18.7. The standard InChI is InChI=1S/C14H16F3N3O2/c1-20-7-9(4-12(20)21)13(22)19-11-3-8(6-18)2-10(5-11)14(15,16)17/h2-3,5,9H,4,6-7,18H2,1H3,(H,19,22). The number of carbonyl (C=O) groups is 2. The number of rotatable bonds is 3. The average Bonchev–Trinajstić information content (AvgIpc) is 2.77. The van der Waals surface area contributed by atoms with E-state index in [4.69, 9.17) is 5.73 Å². The second kappa shape index (κ2) is 5.96. The van der Waals surface area contributed by atoms with Gasteiger partial charge in [-0.1, -0.05) is 0 Å². The number of halogens is 3. The Bertz CT molecular complexity index is 601. The molecule has 0 bridgehead atoms. The molecule has 1 fully saturated rings. The molecule has 5 nitrogen and oxygen atoms in total. The van der Waals surface area contributed by atoms with Crippen LogP contribution in [0.3, 0.4) is 0 Å². The zero-order valence-corrected chi connectivity index (χ0v) is 11.9. The van der Waals surface area contributed by atoms with Crippen LogP contribution in [0.5, 0.6) is 0 Å². The summed E-state index contributed by atoms with van der Waals surface area (Å²) in [4.78, 5) is 24.9. The highest BCUT2D eigenvalue weighted by atomic mass is 19.4. The van der Waals surface area contributed by atoms with Crippen molar-refractivity contribution < 1.29 is 22.8 Å². The molecule has 1 saturated heterocycles. The molecule has 0 radical (unpaired) electrons. The van der Waals surface area contributed by atoms with Crippen molar-refractivity contribution in [1.82, 2.24) is 4.90 Å². The zero-order chi connectivity index (χ0) is 16.5. The summed E-state index contributed by atoms with van der Waals surface area (Å²) in [5.41, 5.74) is 4.82. The molecule has 1 unspecified atom stereocenters. The fourth-order valence-corrected chi connectivity index (χ4v) is 2.33. The average molecular weight is 315 g/mol. The van der Waals surface area contributed by atoms with E-state index < -0.39 is 23.6 Å². The Balaban J connectivity index is 2.18. The van der Waals surface area contributed by atoms with Gasteiger partial charge in [0.25, 0.3) is 0 Å². The zero-order valence-electron chi connectivity index (χ0n) is 11.9. The maximum Gasteiger partial charge on any atom is 0.416 e. The maximum absolute atomic E-state index is 12.8. The number of nitrogens with two attached hydrogens (primary N) is 1. The van der Waals surface area contributed by atoms with Crippen molar-refractivity contribution in [2.75, 3.05) is 18.9 Å². The monoisotopic (exact) mass is 315 g/mol. The lowest BCUT2D eigenvalue weighted by Crippen LogP contribution is -2.26. The van der Waals surface area contributed by atoms with E-state index >= 15 is 0 Å². The van der Waals surface area contributed by atoms with Crippen LogP contribution in [0.4, 0.5) is 18.9 Å². The van der Waals surface area contributed by atoms with Crippen LogP contribution >= 0.6 is 0 Å². The van der Waals surface area contributed by atoms with Crippen molar-refractivity contribution in [3.8, 4) is 0 Å². The van der Waals surface area contributed by atoms with Gasteiger partial charge >= 0.3 is 6.18 Å². The second-order valence-electron chi connectivity index (χ2n) is 5.29. The van der Waals surface area contributed by atoms with Crippen LogP contribution in [-0.2, 0) is 22.3 Å². The molecular formula is C14H16F3N3O2. The summed E-state index contributed by atoms with van der Waals surface area (Å²) in [5.74, 6) is -1.19. The van der Waals surface area contributed by atoms with Crippen LogP contribution in [0, 0.1) is 5.92 Å². The van der Waals surface area contributed by atoms with Gasteiger partial charge in [0.15, 0.2) is 0 Å². The van der Waals surface area contributed by atoms with Gasteiger partial charge < -0.3 is 16.0 Å². The molecular weight excluding hydrogens is 299 g/mol. The van der Waals surface area contributed by atoms with Gasteiger partial charge in [-0.05, 0) is 23.8 Å². The number of carbonyl (C=O) groups excluding carboxylic acids is 2. The number of hydrogen-bond donors (Lipinski definition) is 2. The van der Waals surface area contributed by atoms with Gasteiger partial charge in [0.05, 0.1) is 11.5 Å². The first-order valence-corrected chi connectivity index (χ1v) is 6.66. The molecule has 2 rings (SSSR count). The van der Waals surface area contributed by atoms with Crippen molar-refractivity contribution in [2.45, 2.75) is 19.1 Å². The molecule has 2 amide bonds. The fraction of sp³-hybridized carbons (Fsp3) is 0.429. The summed E-state index contributed by atoms with van der Waals surface area (Å²) in [6.07, 6.45) is -4.46. The predicted molar refractivity (Wildman–Crippen MR) is 73.7 cm³/mol. The SMILES string of the molecule is CN1CC(C(=O)Nc2cc(CN)cc(C(F)(F)F)c2)CC1=O. The third-order valence-corrected chi connectivity index (χ3v) is 3.54. The van der Waals surface area contributed by atoms with Crippen molar-refractivity contribution in [3.63, 3.8) is 0 Å². The maximum atomic E-state index is 12.8. The lowest BCUT2D eigenvalue weighted by atomic mass is 10.1. The third-order valence-electron chi connectivity index (χ3n) is 3.54. The van der Waals surface area contributed by atoms with Gasteiger partial charge in [0, 0.05) is 32.2 Å². The molecule has 0 aromatic heterocycles. The summed E-state index contributed by atoms with van der Waals surface area (Å²) in [6.45, 7) is 0.185. The molecule has 0 aliphatic carbocycles. The molecule has 120 valence electrons. The number of hydrogen-bond acceptors (Lipinski definition) is 3. The van der Waals surface area contributed by atoms with Gasteiger partial charge in [-0.2, -0.15) is 13.2 Å². The molecule has 0 saturated carbocycles. The predicted octanol–water partition coefficient (Wildman–Crippen LogP) is 1.58. The van der Waals surface area contributed by atoms with Gasteiger partial charge in [0.1, 0.15) is 0 Å². The summed E-state index contributed by atoms with van der Waals surface area (Å²) in [7, 11) is 1.58. The minimum atomic E-state index is -4.52. The summed E-state index contributed by atoms with van der Waals surface area (Å²) >= 11 is 0. The van der Waals surface area contributed by atoms with E-state index in [-0.39, 0.29) is 36.7 Å². The Morgan fingerprint density at radius 1 is 1.41 bits per heavy atom. The van der Waals surface area contributed by atoms with Gasteiger partial charge in [-0.3, -0.25) is 9.59 Å².